The summed E-state index contributed by atoms with van der Waals surface area (Å²) in [7, 11) is 0. The van der Waals surface area contributed by atoms with Gasteiger partial charge in [-0.2, -0.15) is 0 Å². The molecule has 1 aliphatic heterocycles. The van der Waals surface area contributed by atoms with Gasteiger partial charge in [0.2, 0.25) is 0 Å². The summed E-state index contributed by atoms with van der Waals surface area (Å²) in [6, 6.07) is 0. The van der Waals surface area contributed by atoms with Crippen LogP contribution in [0.25, 0.3) is 0 Å². The zero-order valence-electron chi connectivity index (χ0n) is 7.95. The first kappa shape index (κ1) is 10.6. The Hall–Kier alpha value is -0.450. The third kappa shape index (κ3) is 1.75. The van der Waals surface area contributed by atoms with Gasteiger partial charge in [0.25, 0.3) is 0 Å². The molecular formula is C9H17NO3. The number of nitrogens with two attached hydrogens (primary N) is 1. The normalized spacial score (nSPS) is 33.8. The van der Waals surface area contributed by atoms with Gasteiger partial charge in [-0.15, -0.1) is 0 Å². The zero-order valence-corrected chi connectivity index (χ0v) is 7.95. The molecule has 1 fully saturated rings. The molecule has 4 heteroatoms. The summed E-state index contributed by atoms with van der Waals surface area (Å²) in [6.07, 6.45) is 2.16. The fraction of sp³-hybridized carbons (Fsp3) is 0.889. The molecule has 1 saturated heterocycles. The Labute approximate surface area is 78.1 Å². The molecule has 0 aromatic carbocycles. The van der Waals surface area contributed by atoms with E-state index in [-0.39, 0.29) is 6.54 Å². The number of aldehydes is 1. The summed E-state index contributed by atoms with van der Waals surface area (Å²) >= 11 is 0. The molecule has 1 rings (SSSR count). The standard InChI is InChI=1S/C9H17NO3/c1-8(12,6-11)9(5-10)3-2-4-13-7-9/h6,12H,2-5,7,10H2,1H3. The largest absolute Gasteiger partial charge is 0.382 e. The molecule has 0 spiro atoms. The highest BCUT2D eigenvalue weighted by Gasteiger charge is 2.47. The van der Waals surface area contributed by atoms with Gasteiger partial charge in [0, 0.05) is 18.6 Å². The number of carbonyl (C=O) groups is 1. The summed E-state index contributed by atoms with van der Waals surface area (Å²) in [6.45, 7) is 2.84. The highest BCUT2D eigenvalue weighted by atomic mass is 16.5. The molecular weight excluding hydrogens is 170 g/mol. The van der Waals surface area contributed by atoms with Gasteiger partial charge in [-0.25, -0.2) is 0 Å². The van der Waals surface area contributed by atoms with Crippen LogP contribution >= 0.6 is 0 Å². The van der Waals surface area contributed by atoms with Crippen LogP contribution in [0, 0.1) is 5.41 Å². The van der Waals surface area contributed by atoms with E-state index in [1.807, 2.05) is 0 Å². The van der Waals surface area contributed by atoms with Crippen LogP contribution in [0.3, 0.4) is 0 Å². The average Bonchev–Trinajstić information content (AvgIpc) is 2.18. The quantitative estimate of drug-likeness (QED) is 0.594. The van der Waals surface area contributed by atoms with Crippen LogP contribution < -0.4 is 5.73 Å². The minimum Gasteiger partial charge on any atom is -0.382 e. The summed E-state index contributed by atoms with van der Waals surface area (Å²) < 4.78 is 5.27. The van der Waals surface area contributed by atoms with Crippen LogP contribution in [0.15, 0.2) is 0 Å². The molecule has 76 valence electrons. The summed E-state index contributed by atoms with van der Waals surface area (Å²) in [5.41, 5.74) is 3.64. The Morgan fingerprint density at radius 1 is 1.77 bits per heavy atom. The summed E-state index contributed by atoms with van der Waals surface area (Å²) in [5, 5.41) is 9.87. The van der Waals surface area contributed by atoms with E-state index in [9.17, 15) is 9.90 Å². The Balaban J connectivity index is 2.84. The molecule has 2 unspecified atom stereocenters. The van der Waals surface area contributed by atoms with E-state index in [2.05, 4.69) is 0 Å². The van der Waals surface area contributed by atoms with Gasteiger partial charge in [0.05, 0.1) is 6.61 Å². The fourth-order valence-corrected chi connectivity index (χ4v) is 1.74. The monoisotopic (exact) mass is 187 g/mol. The van der Waals surface area contributed by atoms with E-state index < -0.39 is 11.0 Å². The number of hydrogen-bond acceptors (Lipinski definition) is 4. The lowest BCUT2D eigenvalue weighted by molar-refractivity contribution is -0.153. The number of hydrogen-bond donors (Lipinski definition) is 2. The van der Waals surface area contributed by atoms with E-state index in [1.54, 1.807) is 0 Å². The smallest absolute Gasteiger partial charge is 0.151 e. The van der Waals surface area contributed by atoms with Crippen molar-refractivity contribution in [1.29, 1.82) is 0 Å². The average molecular weight is 187 g/mol. The predicted molar refractivity (Wildman–Crippen MR) is 48.2 cm³/mol. The van der Waals surface area contributed by atoms with Crippen molar-refractivity contribution >= 4 is 6.29 Å². The van der Waals surface area contributed by atoms with E-state index in [0.717, 1.165) is 12.8 Å². The third-order valence-corrected chi connectivity index (χ3v) is 3.02. The summed E-state index contributed by atoms with van der Waals surface area (Å²) in [5.74, 6) is 0. The van der Waals surface area contributed by atoms with Gasteiger partial charge in [0.1, 0.15) is 5.60 Å². The highest BCUT2D eigenvalue weighted by Crippen LogP contribution is 2.37. The maximum Gasteiger partial charge on any atom is 0.151 e. The van der Waals surface area contributed by atoms with Crippen molar-refractivity contribution < 1.29 is 14.6 Å². The minimum absolute atomic E-state index is 0.277. The Bertz CT molecular complexity index is 185. The first-order valence-corrected chi connectivity index (χ1v) is 4.54. The SMILES string of the molecule is CC(O)(C=O)C1(CN)CCCOC1. The van der Waals surface area contributed by atoms with E-state index >= 15 is 0 Å². The first-order valence-electron chi connectivity index (χ1n) is 4.54. The van der Waals surface area contributed by atoms with Crippen molar-refractivity contribution in [1.82, 2.24) is 0 Å². The molecule has 1 aliphatic rings. The lowest BCUT2D eigenvalue weighted by atomic mass is 9.70. The van der Waals surface area contributed by atoms with Crippen molar-refractivity contribution in [2.45, 2.75) is 25.4 Å². The Kier molecular flexibility index (Phi) is 3.05. The molecule has 4 nitrogen and oxygen atoms in total. The molecule has 0 aliphatic carbocycles. The molecule has 0 aromatic rings. The fourth-order valence-electron chi connectivity index (χ4n) is 1.74. The molecule has 0 aromatic heterocycles. The second-order valence-corrected chi connectivity index (χ2v) is 3.91. The lowest BCUT2D eigenvalue weighted by Crippen LogP contribution is -2.56. The molecule has 0 bridgehead atoms. The number of ether oxygens (including phenoxy) is 1. The second-order valence-electron chi connectivity index (χ2n) is 3.91. The molecule has 13 heavy (non-hydrogen) atoms. The van der Waals surface area contributed by atoms with Crippen molar-refractivity contribution in [2.24, 2.45) is 11.1 Å². The molecule has 2 atom stereocenters. The van der Waals surface area contributed by atoms with E-state index in [0.29, 0.717) is 19.5 Å². The molecule has 0 amide bonds. The third-order valence-electron chi connectivity index (χ3n) is 3.02. The Morgan fingerprint density at radius 2 is 2.46 bits per heavy atom. The Morgan fingerprint density at radius 3 is 2.85 bits per heavy atom. The molecule has 1 heterocycles. The van der Waals surface area contributed by atoms with Gasteiger partial charge in [-0.05, 0) is 19.8 Å². The van der Waals surface area contributed by atoms with Gasteiger partial charge >= 0.3 is 0 Å². The molecule has 0 radical (unpaired) electrons. The maximum atomic E-state index is 10.7. The van der Waals surface area contributed by atoms with Crippen LogP contribution in [0.5, 0.6) is 0 Å². The number of rotatable bonds is 3. The molecule has 0 saturated carbocycles. The number of carbonyl (C=O) groups excluding carboxylic acids is 1. The predicted octanol–water partition coefficient (Wildman–Crippen LogP) is -0.308. The van der Waals surface area contributed by atoms with Crippen molar-refractivity contribution in [3.8, 4) is 0 Å². The van der Waals surface area contributed by atoms with Crippen LogP contribution in [-0.2, 0) is 9.53 Å². The topological polar surface area (TPSA) is 72.5 Å². The van der Waals surface area contributed by atoms with Crippen molar-refractivity contribution in [3.63, 3.8) is 0 Å². The first-order chi connectivity index (χ1) is 6.08. The highest BCUT2D eigenvalue weighted by molar-refractivity contribution is 5.63. The van der Waals surface area contributed by atoms with Gasteiger partial charge in [-0.3, -0.25) is 0 Å². The van der Waals surface area contributed by atoms with Gasteiger partial charge in [-0.1, -0.05) is 0 Å². The second kappa shape index (κ2) is 3.74. The van der Waals surface area contributed by atoms with Crippen LogP contribution in [0.4, 0.5) is 0 Å². The van der Waals surface area contributed by atoms with E-state index in [4.69, 9.17) is 10.5 Å². The number of aliphatic hydroxyl groups is 1. The zero-order chi connectivity index (χ0) is 9.95. The van der Waals surface area contributed by atoms with Crippen LogP contribution in [-0.4, -0.2) is 36.8 Å². The maximum absolute atomic E-state index is 10.7. The van der Waals surface area contributed by atoms with E-state index in [1.165, 1.54) is 6.92 Å². The van der Waals surface area contributed by atoms with Crippen molar-refractivity contribution in [3.05, 3.63) is 0 Å². The van der Waals surface area contributed by atoms with Crippen LogP contribution in [0.1, 0.15) is 19.8 Å². The van der Waals surface area contributed by atoms with Crippen molar-refractivity contribution in [2.75, 3.05) is 19.8 Å². The molecule has 3 N–H and O–H groups in total. The summed E-state index contributed by atoms with van der Waals surface area (Å²) in [4.78, 5) is 10.7. The van der Waals surface area contributed by atoms with Gasteiger partial charge in [0.15, 0.2) is 6.29 Å². The van der Waals surface area contributed by atoms with Crippen LogP contribution in [0.2, 0.25) is 0 Å². The minimum atomic E-state index is -1.37. The lowest BCUT2D eigenvalue weighted by Gasteiger charge is -2.43. The van der Waals surface area contributed by atoms with Gasteiger partial charge < -0.3 is 20.4 Å².